The Morgan fingerprint density at radius 3 is 2.72 bits per heavy atom. The largest absolute Gasteiger partial charge is 0.486 e. The van der Waals surface area contributed by atoms with Crippen LogP contribution < -0.4 is 25.4 Å². The Morgan fingerprint density at radius 1 is 1.17 bits per heavy atom. The average molecular weight is 402 g/mol. The van der Waals surface area contributed by atoms with Crippen LogP contribution in [-0.4, -0.2) is 60.8 Å². The predicted molar refractivity (Wildman–Crippen MR) is 104 cm³/mol. The number of nitrogens with one attached hydrogen (secondary N) is 3. The highest BCUT2D eigenvalue weighted by Crippen LogP contribution is 2.35. The third-order valence-electron chi connectivity index (χ3n) is 5.60. The summed E-state index contributed by atoms with van der Waals surface area (Å²) in [7, 11) is 0. The van der Waals surface area contributed by atoms with Crippen LogP contribution in [0.25, 0.3) is 0 Å². The summed E-state index contributed by atoms with van der Waals surface area (Å²) in [5.74, 6) is 1.24. The van der Waals surface area contributed by atoms with Gasteiger partial charge in [0.05, 0.1) is 6.54 Å². The maximum atomic E-state index is 12.6. The molecule has 0 bridgehead atoms. The molecule has 2 heterocycles. The Labute approximate surface area is 169 Å². The van der Waals surface area contributed by atoms with Crippen molar-refractivity contribution in [2.75, 3.05) is 26.2 Å². The number of carbonyl (C=O) groups excluding carboxylic acids is 3. The number of ether oxygens (including phenoxy) is 2. The summed E-state index contributed by atoms with van der Waals surface area (Å²) >= 11 is 0. The van der Waals surface area contributed by atoms with Crippen LogP contribution in [0.15, 0.2) is 24.3 Å². The lowest BCUT2D eigenvalue weighted by Gasteiger charge is -2.26. The van der Waals surface area contributed by atoms with E-state index in [0.717, 1.165) is 12.8 Å². The maximum Gasteiger partial charge on any atom is 0.325 e. The van der Waals surface area contributed by atoms with Crippen LogP contribution >= 0.6 is 0 Å². The van der Waals surface area contributed by atoms with Crippen LogP contribution in [0.3, 0.4) is 0 Å². The predicted octanol–water partition coefficient (Wildman–Crippen LogP) is 1.38. The van der Waals surface area contributed by atoms with Gasteiger partial charge in [-0.1, -0.05) is 25.0 Å². The summed E-state index contributed by atoms with van der Waals surface area (Å²) in [5.41, 5.74) is -0.678. The normalized spacial score (nSPS) is 21.9. The molecule has 4 rings (SSSR count). The van der Waals surface area contributed by atoms with E-state index < -0.39 is 5.54 Å². The van der Waals surface area contributed by atoms with Gasteiger partial charge in [0.15, 0.2) is 17.6 Å². The van der Waals surface area contributed by atoms with Crippen LogP contribution in [0, 0.1) is 0 Å². The number of urea groups is 2. The maximum absolute atomic E-state index is 12.6. The second-order valence-electron chi connectivity index (χ2n) is 7.66. The van der Waals surface area contributed by atoms with E-state index >= 15 is 0 Å². The summed E-state index contributed by atoms with van der Waals surface area (Å²) in [6.07, 6.45) is 3.59. The van der Waals surface area contributed by atoms with E-state index in [4.69, 9.17) is 9.47 Å². The molecular weight excluding hydrogens is 376 g/mol. The first-order valence-electron chi connectivity index (χ1n) is 10.1. The molecule has 3 N–H and O–H groups in total. The van der Waals surface area contributed by atoms with Crippen LogP contribution in [0.1, 0.15) is 32.1 Å². The zero-order valence-corrected chi connectivity index (χ0v) is 16.2. The van der Waals surface area contributed by atoms with Crippen molar-refractivity contribution in [3.8, 4) is 11.5 Å². The highest BCUT2D eigenvalue weighted by molar-refractivity contribution is 6.07. The van der Waals surface area contributed by atoms with Gasteiger partial charge in [-0.3, -0.25) is 9.69 Å². The van der Waals surface area contributed by atoms with E-state index in [9.17, 15) is 14.4 Å². The highest BCUT2D eigenvalue weighted by atomic mass is 16.6. The first kappa shape index (κ1) is 19.4. The number of carbonyl (C=O) groups is 3. The molecule has 1 aromatic carbocycles. The van der Waals surface area contributed by atoms with Crippen LogP contribution in [0.4, 0.5) is 9.59 Å². The lowest BCUT2D eigenvalue weighted by Crippen LogP contribution is -2.45. The monoisotopic (exact) mass is 402 g/mol. The SMILES string of the molecule is O=C(NCCCN1C(=O)NC2(CCCC2)C1=O)NC[C@@H]1COc2ccccc2O1. The molecule has 1 aliphatic carbocycles. The number of amides is 5. The fraction of sp³-hybridized carbons (Fsp3) is 0.550. The second kappa shape index (κ2) is 8.18. The van der Waals surface area contributed by atoms with Crippen LogP contribution in [0.2, 0.25) is 0 Å². The molecule has 156 valence electrons. The van der Waals surface area contributed by atoms with Gasteiger partial charge in [-0.05, 0) is 31.4 Å². The first-order chi connectivity index (χ1) is 14.1. The quantitative estimate of drug-likeness (QED) is 0.492. The van der Waals surface area contributed by atoms with Gasteiger partial charge in [0.1, 0.15) is 12.1 Å². The lowest BCUT2D eigenvalue weighted by molar-refractivity contribution is -0.131. The van der Waals surface area contributed by atoms with Crippen LogP contribution in [-0.2, 0) is 4.79 Å². The van der Waals surface area contributed by atoms with E-state index in [-0.39, 0.29) is 24.1 Å². The third kappa shape index (κ3) is 4.08. The Kier molecular flexibility index (Phi) is 5.46. The molecule has 1 aromatic rings. The van der Waals surface area contributed by atoms with Crippen molar-refractivity contribution in [3.05, 3.63) is 24.3 Å². The molecule has 3 aliphatic rings. The number of benzene rings is 1. The average Bonchev–Trinajstić information content (AvgIpc) is 3.29. The van der Waals surface area contributed by atoms with Gasteiger partial charge >= 0.3 is 12.1 Å². The summed E-state index contributed by atoms with van der Waals surface area (Å²) in [5, 5.41) is 8.35. The van der Waals surface area contributed by atoms with Crippen molar-refractivity contribution < 1.29 is 23.9 Å². The molecule has 0 radical (unpaired) electrons. The van der Waals surface area contributed by atoms with E-state index in [2.05, 4.69) is 16.0 Å². The Hall–Kier alpha value is -2.97. The first-order valence-corrected chi connectivity index (χ1v) is 10.1. The Balaban J connectivity index is 1.14. The van der Waals surface area contributed by atoms with Crippen molar-refractivity contribution >= 4 is 18.0 Å². The van der Waals surface area contributed by atoms with Gasteiger partial charge in [0.25, 0.3) is 5.91 Å². The van der Waals surface area contributed by atoms with E-state index in [1.807, 2.05) is 24.3 Å². The molecule has 5 amide bonds. The molecular formula is C20H26N4O5. The molecule has 1 saturated heterocycles. The lowest BCUT2D eigenvalue weighted by atomic mass is 9.98. The molecule has 2 fully saturated rings. The van der Waals surface area contributed by atoms with Gasteiger partial charge in [0, 0.05) is 13.1 Å². The minimum Gasteiger partial charge on any atom is -0.486 e. The van der Waals surface area contributed by atoms with Crippen LogP contribution in [0.5, 0.6) is 11.5 Å². The number of imide groups is 1. The number of hydrogen-bond acceptors (Lipinski definition) is 5. The molecule has 9 heteroatoms. The highest BCUT2D eigenvalue weighted by Gasteiger charge is 2.51. The van der Waals surface area contributed by atoms with Gasteiger partial charge < -0.3 is 25.4 Å². The summed E-state index contributed by atoms with van der Waals surface area (Å²) in [6.45, 7) is 1.34. The summed E-state index contributed by atoms with van der Waals surface area (Å²) < 4.78 is 11.4. The zero-order chi connectivity index (χ0) is 20.3. The zero-order valence-electron chi connectivity index (χ0n) is 16.2. The molecule has 1 spiro atoms. The third-order valence-corrected chi connectivity index (χ3v) is 5.60. The number of fused-ring (bicyclic) bond motifs is 1. The molecule has 0 unspecified atom stereocenters. The molecule has 1 saturated carbocycles. The standard InChI is InChI=1S/C20H26N4O5/c25-17-20(8-3-4-9-20)23-19(27)24(17)11-5-10-21-18(26)22-12-14-13-28-15-6-1-2-7-16(15)29-14/h1-2,6-7,14H,3-5,8-13H2,(H,23,27)(H2,21,22,26)/t14-/m1/s1. The van der Waals surface area contributed by atoms with E-state index in [1.165, 1.54) is 4.90 Å². The van der Waals surface area contributed by atoms with Crippen molar-refractivity contribution in [3.63, 3.8) is 0 Å². The van der Waals surface area contributed by atoms with E-state index in [0.29, 0.717) is 57.0 Å². The molecule has 9 nitrogen and oxygen atoms in total. The number of nitrogens with zero attached hydrogens (tertiary/aromatic N) is 1. The Bertz CT molecular complexity index is 793. The fourth-order valence-electron chi connectivity index (χ4n) is 4.07. The number of rotatable bonds is 6. The number of hydrogen-bond donors (Lipinski definition) is 3. The summed E-state index contributed by atoms with van der Waals surface area (Å²) in [6, 6.07) is 6.76. The van der Waals surface area contributed by atoms with Crippen molar-refractivity contribution in [2.24, 2.45) is 0 Å². The minimum absolute atomic E-state index is 0.126. The van der Waals surface area contributed by atoms with Gasteiger partial charge in [-0.25, -0.2) is 9.59 Å². The minimum atomic E-state index is -0.678. The van der Waals surface area contributed by atoms with Gasteiger partial charge in [-0.2, -0.15) is 0 Å². The topological polar surface area (TPSA) is 109 Å². The van der Waals surface area contributed by atoms with Gasteiger partial charge in [0.2, 0.25) is 0 Å². The molecule has 2 aliphatic heterocycles. The van der Waals surface area contributed by atoms with E-state index in [1.54, 1.807) is 0 Å². The van der Waals surface area contributed by atoms with Crippen molar-refractivity contribution in [1.29, 1.82) is 0 Å². The van der Waals surface area contributed by atoms with Crippen molar-refractivity contribution in [2.45, 2.75) is 43.7 Å². The fourth-order valence-corrected chi connectivity index (χ4v) is 4.07. The smallest absolute Gasteiger partial charge is 0.325 e. The molecule has 29 heavy (non-hydrogen) atoms. The molecule has 0 aromatic heterocycles. The Morgan fingerprint density at radius 2 is 1.93 bits per heavy atom. The second-order valence-corrected chi connectivity index (χ2v) is 7.66. The van der Waals surface area contributed by atoms with Gasteiger partial charge in [-0.15, -0.1) is 0 Å². The van der Waals surface area contributed by atoms with Crippen molar-refractivity contribution in [1.82, 2.24) is 20.9 Å². The molecule has 1 atom stereocenters. The number of para-hydroxylation sites is 2. The summed E-state index contributed by atoms with van der Waals surface area (Å²) in [4.78, 5) is 37.9.